The lowest BCUT2D eigenvalue weighted by molar-refractivity contribution is -0.121. The summed E-state index contributed by atoms with van der Waals surface area (Å²) in [4.78, 5) is 51.7. The quantitative estimate of drug-likeness (QED) is 0.753. The van der Waals surface area contributed by atoms with Crippen LogP contribution in [0.5, 0.6) is 0 Å². The van der Waals surface area contributed by atoms with Gasteiger partial charge in [0.2, 0.25) is 5.91 Å². The van der Waals surface area contributed by atoms with Crippen LogP contribution in [0.1, 0.15) is 26.3 Å². The van der Waals surface area contributed by atoms with Gasteiger partial charge in [0.15, 0.2) is 16.9 Å². The Kier molecular flexibility index (Phi) is 3.98. The zero-order valence-electron chi connectivity index (χ0n) is 12.6. The lowest BCUT2D eigenvalue weighted by Gasteiger charge is -2.12. The van der Waals surface area contributed by atoms with Crippen molar-refractivity contribution in [2.45, 2.75) is 32.9 Å². The molecule has 9 heteroatoms. The van der Waals surface area contributed by atoms with E-state index in [2.05, 4.69) is 4.98 Å². The number of Topliss-reactive ketones (excluding diaryl/α,β-unsaturated/α-hetero) is 1. The summed E-state index contributed by atoms with van der Waals surface area (Å²) in [6.07, 6.45) is 1.50. The Balaban J connectivity index is 2.82. The van der Waals surface area contributed by atoms with E-state index < -0.39 is 23.2 Å². The Labute approximate surface area is 125 Å². The minimum atomic E-state index is -0.800. The summed E-state index contributed by atoms with van der Waals surface area (Å²) in [5.74, 6) is -0.878. The molecule has 0 saturated heterocycles. The summed E-state index contributed by atoms with van der Waals surface area (Å²) in [7, 11) is 1.45. The highest BCUT2D eigenvalue weighted by Gasteiger charge is 2.21. The molecule has 0 radical (unpaired) electrons. The Bertz CT molecular complexity index is 873. The van der Waals surface area contributed by atoms with Crippen molar-refractivity contribution in [3.05, 3.63) is 27.2 Å². The smallest absolute Gasteiger partial charge is 0.332 e. The number of hydrogen-bond acceptors (Lipinski definition) is 5. The second kappa shape index (κ2) is 5.58. The number of carbonyl (C=O) groups excluding carboxylic acids is 2. The van der Waals surface area contributed by atoms with E-state index in [1.165, 1.54) is 29.4 Å². The molecule has 0 spiro atoms. The van der Waals surface area contributed by atoms with Crippen LogP contribution in [0.2, 0.25) is 0 Å². The zero-order chi connectivity index (χ0) is 16.6. The van der Waals surface area contributed by atoms with Crippen LogP contribution >= 0.6 is 0 Å². The number of nitrogens with two attached hydrogens (primary N) is 1. The third kappa shape index (κ3) is 2.34. The average Bonchev–Trinajstić information content (AvgIpc) is 2.93. The fourth-order valence-electron chi connectivity index (χ4n) is 2.15. The molecule has 0 aromatic carbocycles. The molecule has 1 atom stereocenters. The van der Waals surface area contributed by atoms with Crippen LogP contribution in [-0.4, -0.2) is 30.4 Å². The molecule has 9 nitrogen and oxygen atoms in total. The second-order valence-electron chi connectivity index (χ2n) is 5.03. The molecule has 0 fully saturated rings. The normalized spacial score (nSPS) is 12.5. The van der Waals surface area contributed by atoms with E-state index in [1.807, 2.05) is 0 Å². The van der Waals surface area contributed by atoms with E-state index >= 15 is 0 Å². The predicted octanol–water partition coefficient (Wildman–Crippen LogP) is -1.08. The van der Waals surface area contributed by atoms with Crippen LogP contribution in [0, 0.1) is 0 Å². The van der Waals surface area contributed by atoms with Crippen molar-refractivity contribution in [1.29, 1.82) is 0 Å². The molecule has 2 rings (SSSR count). The molecular formula is C13H17N5O4. The van der Waals surface area contributed by atoms with Gasteiger partial charge in [-0.3, -0.25) is 23.5 Å². The molecule has 118 valence electrons. The van der Waals surface area contributed by atoms with E-state index in [0.717, 1.165) is 4.57 Å². The van der Waals surface area contributed by atoms with Crippen molar-refractivity contribution in [2.75, 3.05) is 0 Å². The Hall–Kier alpha value is -2.71. The van der Waals surface area contributed by atoms with Crippen LogP contribution in [-0.2, 0) is 23.2 Å². The fourth-order valence-corrected chi connectivity index (χ4v) is 2.15. The second-order valence-corrected chi connectivity index (χ2v) is 5.03. The molecule has 0 aliphatic carbocycles. The van der Waals surface area contributed by atoms with Gasteiger partial charge >= 0.3 is 5.69 Å². The van der Waals surface area contributed by atoms with E-state index in [4.69, 9.17) is 5.73 Å². The number of hydrogen-bond donors (Lipinski definition) is 1. The van der Waals surface area contributed by atoms with Gasteiger partial charge < -0.3 is 10.3 Å². The number of imidazole rings is 1. The number of nitrogens with zero attached hydrogens (tertiary/aromatic N) is 4. The maximum Gasteiger partial charge on any atom is 0.332 e. The van der Waals surface area contributed by atoms with E-state index in [1.54, 1.807) is 6.92 Å². The predicted molar refractivity (Wildman–Crippen MR) is 78.4 cm³/mol. The molecule has 1 unspecified atom stereocenters. The topological polar surface area (TPSA) is 122 Å². The van der Waals surface area contributed by atoms with Gasteiger partial charge in [-0.2, -0.15) is 0 Å². The number of fused-ring (bicyclic) bond motifs is 1. The first-order valence-corrected chi connectivity index (χ1v) is 6.77. The summed E-state index contributed by atoms with van der Waals surface area (Å²) in [6.45, 7) is 2.86. The number of amides is 1. The number of aryl methyl sites for hydroxylation is 1. The average molecular weight is 307 g/mol. The Morgan fingerprint density at radius 3 is 2.55 bits per heavy atom. The van der Waals surface area contributed by atoms with Crippen molar-refractivity contribution < 1.29 is 9.59 Å². The maximum atomic E-state index is 12.5. The standard InChI is InChI=1S/C13H17N5O4/c1-4-8(19)5-17-12(21)9-11(16(3)13(17)22)15-6-18(9)7(2)10(14)20/h6-7H,4-5H2,1-3H3,(H2,14,20). The minimum Gasteiger partial charge on any atom is -0.368 e. The van der Waals surface area contributed by atoms with Gasteiger partial charge in [0, 0.05) is 13.5 Å². The van der Waals surface area contributed by atoms with E-state index in [9.17, 15) is 19.2 Å². The Morgan fingerprint density at radius 1 is 1.36 bits per heavy atom. The molecular weight excluding hydrogens is 290 g/mol. The molecule has 0 saturated carbocycles. The van der Waals surface area contributed by atoms with Gasteiger partial charge in [0.25, 0.3) is 5.56 Å². The number of ketones is 1. The summed E-state index contributed by atoms with van der Waals surface area (Å²) in [6, 6.07) is -0.800. The first kappa shape index (κ1) is 15.7. The Morgan fingerprint density at radius 2 is 2.00 bits per heavy atom. The minimum absolute atomic E-state index is 0.0669. The van der Waals surface area contributed by atoms with Crippen molar-refractivity contribution in [2.24, 2.45) is 12.8 Å². The van der Waals surface area contributed by atoms with Gasteiger partial charge in [-0.1, -0.05) is 6.92 Å². The van der Waals surface area contributed by atoms with Crippen LogP contribution in [0.3, 0.4) is 0 Å². The molecule has 2 N–H and O–H groups in total. The SMILES string of the molecule is CCC(=O)Cn1c(=O)c2c(ncn2C(C)C(N)=O)n(C)c1=O. The molecule has 2 aromatic heterocycles. The van der Waals surface area contributed by atoms with Crippen molar-refractivity contribution in [3.63, 3.8) is 0 Å². The van der Waals surface area contributed by atoms with Crippen LogP contribution in [0.25, 0.3) is 11.2 Å². The maximum absolute atomic E-state index is 12.5. The van der Waals surface area contributed by atoms with Crippen LogP contribution < -0.4 is 17.0 Å². The first-order chi connectivity index (χ1) is 10.3. The molecule has 0 aliphatic heterocycles. The van der Waals surface area contributed by atoms with Crippen LogP contribution in [0.4, 0.5) is 0 Å². The lowest BCUT2D eigenvalue weighted by Crippen LogP contribution is -2.41. The summed E-state index contributed by atoms with van der Waals surface area (Å²) in [5, 5.41) is 0. The lowest BCUT2D eigenvalue weighted by atomic mass is 10.3. The monoisotopic (exact) mass is 307 g/mol. The molecule has 0 bridgehead atoms. The van der Waals surface area contributed by atoms with E-state index in [0.29, 0.717) is 0 Å². The molecule has 0 aliphatic rings. The molecule has 1 amide bonds. The van der Waals surface area contributed by atoms with Crippen molar-refractivity contribution >= 4 is 22.9 Å². The summed E-state index contributed by atoms with van der Waals surface area (Å²) < 4.78 is 3.33. The fraction of sp³-hybridized carbons (Fsp3) is 0.462. The van der Waals surface area contributed by atoms with Gasteiger partial charge in [-0.05, 0) is 6.92 Å². The highest BCUT2D eigenvalue weighted by atomic mass is 16.2. The largest absolute Gasteiger partial charge is 0.368 e. The third-order valence-electron chi connectivity index (χ3n) is 3.62. The first-order valence-electron chi connectivity index (χ1n) is 6.77. The third-order valence-corrected chi connectivity index (χ3v) is 3.62. The molecule has 2 aromatic rings. The highest BCUT2D eigenvalue weighted by molar-refractivity contribution is 5.81. The van der Waals surface area contributed by atoms with Crippen LogP contribution in [0.15, 0.2) is 15.9 Å². The number of aromatic nitrogens is 4. The van der Waals surface area contributed by atoms with Crippen molar-refractivity contribution in [1.82, 2.24) is 18.7 Å². The molecule has 2 heterocycles. The summed E-state index contributed by atoms with van der Waals surface area (Å²) >= 11 is 0. The number of carbonyl (C=O) groups is 2. The van der Waals surface area contributed by atoms with E-state index in [-0.39, 0.29) is 29.9 Å². The van der Waals surface area contributed by atoms with Gasteiger partial charge in [0.05, 0.1) is 12.9 Å². The highest BCUT2D eigenvalue weighted by Crippen LogP contribution is 2.12. The van der Waals surface area contributed by atoms with Gasteiger partial charge in [0.1, 0.15) is 6.04 Å². The number of primary amides is 1. The van der Waals surface area contributed by atoms with Gasteiger partial charge in [-0.15, -0.1) is 0 Å². The molecule has 22 heavy (non-hydrogen) atoms. The summed E-state index contributed by atoms with van der Waals surface area (Å²) in [5.41, 5.74) is 4.18. The number of rotatable bonds is 5. The zero-order valence-corrected chi connectivity index (χ0v) is 12.6. The van der Waals surface area contributed by atoms with Gasteiger partial charge in [-0.25, -0.2) is 9.78 Å². The van der Waals surface area contributed by atoms with Crippen molar-refractivity contribution in [3.8, 4) is 0 Å².